The third kappa shape index (κ3) is 4.11. The number of anilines is 3. The summed E-state index contributed by atoms with van der Waals surface area (Å²) in [6.45, 7) is 4.12. The Hall–Kier alpha value is -3.76. The van der Waals surface area contributed by atoms with Crippen molar-refractivity contribution in [2.24, 2.45) is 4.99 Å². The van der Waals surface area contributed by atoms with Crippen LogP contribution in [0.25, 0.3) is 0 Å². The van der Waals surface area contributed by atoms with E-state index in [4.69, 9.17) is 10.3 Å². The van der Waals surface area contributed by atoms with Gasteiger partial charge in [-0.3, -0.25) is 0 Å². The van der Waals surface area contributed by atoms with E-state index < -0.39 is 0 Å². The summed E-state index contributed by atoms with van der Waals surface area (Å²) in [7, 11) is 0. The number of aromatic amines is 1. The van der Waals surface area contributed by atoms with Crippen molar-refractivity contribution < 1.29 is 0 Å². The molecule has 7 nitrogen and oxygen atoms in total. The molecule has 0 radical (unpaired) electrons. The van der Waals surface area contributed by atoms with Crippen molar-refractivity contribution in [1.82, 2.24) is 10.3 Å². The largest absolute Gasteiger partial charge is 0.369 e. The molecule has 0 bridgehead atoms. The zero-order chi connectivity index (χ0) is 21.0. The third-order valence-corrected chi connectivity index (χ3v) is 5.68. The lowest BCUT2D eigenvalue weighted by Gasteiger charge is -2.30. The van der Waals surface area contributed by atoms with Crippen LogP contribution in [0.2, 0.25) is 0 Å². The molecule has 7 heteroatoms. The van der Waals surface area contributed by atoms with Crippen molar-refractivity contribution in [3.63, 3.8) is 0 Å². The van der Waals surface area contributed by atoms with E-state index in [0.717, 1.165) is 60.1 Å². The number of aromatic nitrogens is 1. The van der Waals surface area contributed by atoms with Gasteiger partial charge in [-0.05, 0) is 42.0 Å². The standard InChI is InChI=1S/C24H25N7/c25-10-8-17-2-1-3-18(16-17)22-21-9-11-27-23(21)30-24(29-22)28-19-4-6-20(7-5-19)31-14-12-26-13-15-31/h1-7,9,11,16,24,26-28,30H,8,12-15H2. The highest BCUT2D eigenvalue weighted by atomic mass is 15.3. The second-order valence-electron chi connectivity index (χ2n) is 7.75. The van der Waals surface area contributed by atoms with Crippen LogP contribution in [-0.2, 0) is 6.42 Å². The minimum Gasteiger partial charge on any atom is -0.369 e. The number of nitrogens with one attached hydrogen (secondary N) is 4. The van der Waals surface area contributed by atoms with E-state index in [0.29, 0.717) is 6.42 Å². The van der Waals surface area contributed by atoms with E-state index in [1.165, 1.54) is 5.69 Å². The van der Waals surface area contributed by atoms with Gasteiger partial charge in [0.2, 0.25) is 0 Å². The van der Waals surface area contributed by atoms with Crippen LogP contribution < -0.4 is 20.9 Å². The maximum absolute atomic E-state index is 9.04. The first-order valence-corrected chi connectivity index (χ1v) is 10.6. The Labute approximate surface area is 181 Å². The maximum Gasteiger partial charge on any atom is 0.195 e. The van der Waals surface area contributed by atoms with Crippen molar-refractivity contribution >= 4 is 22.9 Å². The number of piperazine rings is 1. The number of aliphatic imine (C=N–C) groups is 1. The summed E-state index contributed by atoms with van der Waals surface area (Å²) in [4.78, 5) is 10.6. The second kappa shape index (κ2) is 8.54. The molecule has 0 amide bonds. The summed E-state index contributed by atoms with van der Waals surface area (Å²) in [5.41, 5.74) is 6.19. The van der Waals surface area contributed by atoms with E-state index in [1.807, 2.05) is 36.5 Å². The Morgan fingerprint density at radius 1 is 1.10 bits per heavy atom. The molecule has 1 fully saturated rings. The molecule has 1 saturated heterocycles. The lowest BCUT2D eigenvalue weighted by Crippen LogP contribution is -2.43. The molecular formula is C24H25N7. The fourth-order valence-electron chi connectivity index (χ4n) is 4.12. The number of hydrogen-bond acceptors (Lipinski definition) is 6. The molecule has 1 unspecified atom stereocenters. The maximum atomic E-state index is 9.04. The number of fused-ring (bicyclic) bond motifs is 1. The summed E-state index contributed by atoms with van der Waals surface area (Å²) >= 11 is 0. The highest BCUT2D eigenvalue weighted by Crippen LogP contribution is 2.26. The van der Waals surface area contributed by atoms with Gasteiger partial charge in [0.05, 0.1) is 18.2 Å². The zero-order valence-electron chi connectivity index (χ0n) is 17.2. The predicted molar refractivity (Wildman–Crippen MR) is 125 cm³/mol. The van der Waals surface area contributed by atoms with Gasteiger partial charge in [-0.1, -0.05) is 18.2 Å². The molecule has 31 heavy (non-hydrogen) atoms. The first kappa shape index (κ1) is 19.2. The minimum absolute atomic E-state index is 0.300. The average molecular weight is 412 g/mol. The molecule has 5 rings (SSSR count). The fraction of sp³-hybridized carbons (Fsp3) is 0.250. The smallest absolute Gasteiger partial charge is 0.195 e. The van der Waals surface area contributed by atoms with E-state index in [9.17, 15) is 0 Å². The summed E-state index contributed by atoms with van der Waals surface area (Å²) in [6.07, 6.45) is 2.00. The van der Waals surface area contributed by atoms with Gasteiger partial charge in [0.1, 0.15) is 5.82 Å². The molecule has 2 aliphatic heterocycles. The highest BCUT2D eigenvalue weighted by molar-refractivity contribution is 6.16. The van der Waals surface area contributed by atoms with Crippen LogP contribution in [-0.4, -0.2) is 43.2 Å². The fourth-order valence-corrected chi connectivity index (χ4v) is 4.12. The third-order valence-electron chi connectivity index (χ3n) is 5.68. The highest BCUT2D eigenvalue weighted by Gasteiger charge is 2.22. The quantitative estimate of drug-likeness (QED) is 0.518. The number of nitrogens with zero attached hydrogens (tertiary/aromatic N) is 3. The Balaban J connectivity index is 1.38. The number of nitriles is 1. The summed E-state index contributed by atoms with van der Waals surface area (Å²) in [6, 6.07) is 20.8. The molecule has 0 aliphatic carbocycles. The van der Waals surface area contributed by atoms with Crippen LogP contribution in [0.1, 0.15) is 16.7 Å². The number of benzene rings is 2. The van der Waals surface area contributed by atoms with Crippen LogP contribution in [0, 0.1) is 11.3 Å². The molecule has 2 aliphatic rings. The first-order valence-electron chi connectivity index (χ1n) is 10.6. The van der Waals surface area contributed by atoms with Crippen molar-refractivity contribution in [1.29, 1.82) is 5.26 Å². The van der Waals surface area contributed by atoms with Crippen LogP contribution >= 0.6 is 0 Å². The topological polar surface area (TPSA) is 91.3 Å². The predicted octanol–water partition coefficient (Wildman–Crippen LogP) is 3.15. The van der Waals surface area contributed by atoms with Crippen molar-refractivity contribution in [2.75, 3.05) is 41.7 Å². The van der Waals surface area contributed by atoms with Crippen LogP contribution in [0.4, 0.5) is 17.2 Å². The molecule has 3 heterocycles. The number of rotatable bonds is 5. The molecule has 0 spiro atoms. The lowest BCUT2D eigenvalue weighted by molar-refractivity contribution is 0.589. The molecule has 4 N–H and O–H groups in total. The van der Waals surface area contributed by atoms with Crippen molar-refractivity contribution in [3.8, 4) is 6.07 Å². The SMILES string of the molecule is N#CCc1cccc(C2=NC(Nc3ccc(N4CCNCC4)cc3)Nc3[nH]ccc32)c1. The van der Waals surface area contributed by atoms with Crippen LogP contribution in [0.5, 0.6) is 0 Å². The first-order chi connectivity index (χ1) is 15.3. The van der Waals surface area contributed by atoms with Gasteiger partial charge in [0.15, 0.2) is 6.29 Å². The van der Waals surface area contributed by atoms with E-state index in [-0.39, 0.29) is 6.29 Å². The van der Waals surface area contributed by atoms with Gasteiger partial charge in [-0.25, -0.2) is 4.99 Å². The Bertz CT molecular complexity index is 1120. The second-order valence-corrected chi connectivity index (χ2v) is 7.75. The number of H-pyrrole nitrogens is 1. The molecule has 156 valence electrons. The molecule has 1 aromatic heterocycles. The normalized spacial score (nSPS) is 17.8. The van der Waals surface area contributed by atoms with Crippen LogP contribution in [0.3, 0.4) is 0 Å². The molecule has 1 atom stereocenters. The van der Waals surface area contributed by atoms with Crippen molar-refractivity contribution in [3.05, 3.63) is 77.5 Å². The van der Waals surface area contributed by atoms with Gasteiger partial charge in [-0.2, -0.15) is 5.26 Å². The van der Waals surface area contributed by atoms with E-state index in [2.05, 4.69) is 56.2 Å². The molecular weight excluding hydrogens is 386 g/mol. The van der Waals surface area contributed by atoms with Gasteiger partial charge in [-0.15, -0.1) is 0 Å². The summed E-state index contributed by atoms with van der Waals surface area (Å²) in [5.74, 6) is 0.936. The van der Waals surface area contributed by atoms with Crippen molar-refractivity contribution in [2.45, 2.75) is 12.7 Å². The minimum atomic E-state index is -0.300. The van der Waals surface area contributed by atoms with Gasteiger partial charge >= 0.3 is 0 Å². The Kier molecular flexibility index (Phi) is 5.29. The van der Waals surface area contributed by atoms with Gasteiger partial charge in [0, 0.05) is 54.9 Å². The Morgan fingerprint density at radius 2 is 1.94 bits per heavy atom. The summed E-state index contributed by atoms with van der Waals surface area (Å²) in [5, 5.41) is 19.3. The molecule has 3 aromatic rings. The van der Waals surface area contributed by atoms with E-state index in [1.54, 1.807) is 0 Å². The molecule has 0 saturated carbocycles. The monoisotopic (exact) mass is 411 g/mol. The summed E-state index contributed by atoms with van der Waals surface area (Å²) < 4.78 is 0. The van der Waals surface area contributed by atoms with Gasteiger partial charge in [0.25, 0.3) is 0 Å². The number of hydrogen-bond donors (Lipinski definition) is 4. The van der Waals surface area contributed by atoms with Crippen LogP contribution in [0.15, 0.2) is 65.8 Å². The van der Waals surface area contributed by atoms with Gasteiger partial charge < -0.3 is 25.8 Å². The average Bonchev–Trinajstić information content (AvgIpc) is 3.29. The van der Waals surface area contributed by atoms with E-state index >= 15 is 0 Å². The molecule has 2 aromatic carbocycles. The Morgan fingerprint density at radius 3 is 2.74 bits per heavy atom. The lowest BCUT2D eigenvalue weighted by atomic mass is 10.00. The zero-order valence-corrected chi connectivity index (χ0v) is 17.2.